The van der Waals surface area contributed by atoms with Gasteiger partial charge in [-0.15, -0.1) is 0 Å². The van der Waals surface area contributed by atoms with Crippen molar-refractivity contribution in [3.8, 4) is 0 Å². The standard InChI is InChI=1S/C19H37N5O5S/c1-5-20-17(23-15-13-24(14-15)18(25)29-19(2,3)4)21-9-11-30(26,27)22-12-16-8-6-7-10-28-16/h15-16,22H,5-14H2,1-4H3,(H2,20,21,23). The van der Waals surface area contributed by atoms with Gasteiger partial charge in [-0.1, -0.05) is 0 Å². The highest BCUT2D eigenvalue weighted by Gasteiger charge is 2.34. The monoisotopic (exact) mass is 447 g/mol. The second kappa shape index (κ2) is 11.1. The molecule has 2 aliphatic rings. The first-order valence-electron chi connectivity index (χ1n) is 10.7. The zero-order valence-electron chi connectivity index (χ0n) is 18.6. The molecule has 0 aromatic rings. The summed E-state index contributed by atoms with van der Waals surface area (Å²) in [5.41, 5.74) is -0.519. The fraction of sp³-hybridized carbons (Fsp3) is 0.895. The lowest BCUT2D eigenvalue weighted by molar-refractivity contribution is 0.00700. The second-order valence-corrected chi connectivity index (χ2v) is 10.6. The van der Waals surface area contributed by atoms with Crippen LogP contribution in [0.5, 0.6) is 0 Å². The molecule has 1 unspecified atom stereocenters. The van der Waals surface area contributed by atoms with E-state index in [1.54, 1.807) is 4.90 Å². The smallest absolute Gasteiger partial charge is 0.410 e. The van der Waals surface area contributed by atoms with E-state index >= 15 is 0 Å². The second-order valence-electron chi connectivity index (χ2n) is 8.64. The maximum absolute atomic E-state index is 12.2. The number of likely N-dealkylation sites (tertiary alicyclic amines) is 1. The van der Waals surface area contributed by atoms with Crippen LogP contribution in [0.15, 0.2) is 4.99 Å². The number of ether oxygens (including phenoxy) is 2. The van der Waals surface area contributed by atoms with E-state index in [9.17, 15) is 13.2 Å². The molecule has 0 bridgehead atoms. The molecule has 1 atom stereocenters. The number of rotatable bonds is 8. The molecule has 0 aliphatic carbocycles. The van der Waals surface area contributed by atoms with Crippen LogP contribution in [0.2, 0.25) is 0 Å². The third-order valence-corrected chi connectivity index (χ3v) is 5.98. The SMILES string of the molecule is CCNC(=NCCS(=O)(=O)NCC1CCCCO1)NC1CN(C(=O)OC(C)(C)C)C1. The first-order valence-corrected chi connectivity index (χ1v) is 12.3. The number of carbonyl (C=O) groups is 1. The lowest BCUT2D eigenvalue weighted by Crippen LogP contribution is -2.63. The Morgan fingerprint density at radius 2 is 2.00 bits per heavy atom. The number of carbonyl (C=O) groups excluding carboxylic acids is 1. The highest BCUT2D eigenvalue weighted by atomic mass is 32.2. The summed E-state index contributed by atoms with van der Waals surface area (Å²) in [6.45, 7) is 10.3. The summed E-state index contributed by atoms with van der Waals surface area (Å²) in [5.74, 6) is 0.447. The van der Waals surface area contributed by atoms with Crippen LogP contribution in [-0.4, -0.2) is 88.2 Å². The minimum Gasteiger partial charge on any atom is -0.444 e. The molecule has 0 aromatic carbocycles. The molecule has 30 heavy (non-hydrogen) atoms. The van der Waals surface area contributed by atoms with Crippen molar-refractivity contribution >= 4 is 22.1 Å². The van der Waals surface area contributed by atoms with Crippen molar-refractivity contribution in [1.82, 2.24) is 20.3 Å². The van der Waals surface area contributed by atoms with Crippen LogP contribution in [0.25, 0.3) is 0 Å². The molecule has 0 radical (unpaired) electrons. The fourth-order valence-electron chi connectivity index (χ4n) is 3.10. The summed E-state index contributed by atoms with van der Waals surface area (Å²) < 4.78 is 37.9. The summed E-state index contributed by atoms with van der Waals surface area (Å²) in [7, 11) is -3.41. The van der Waals surface area contributed by atoms with E-state index in [2.05, 4.69) is 20.3 Å². The number of hydrogen-bond acceptors (Lipinski definition) is 6. The van der Waals surface area contributed by atoms with Gasteiger partial charge in [0.15, 0.2) is 5.96 Å². The molecule has 0 spiro atoms. The zero-order chi connectivity index (χ0) is 22.2. The zero-order valence-corrected chi connectivity index (χ0v) is 19.4. The van der Waals surface area contributed by atoms with E-state index < -0.39 is 15.6 Å². The average molecular weight is 448 g/mol. The van der Waals surface area contributed by atoms with Crippen molar-refractivity contribution in [2.45, 2.75) is 64.7 Å². The van der Waals surface area contributed by atoms with Crippen LogP contribution in [0, 0.1) is 0 Å². The Hall–Kier alpha value is -1.59. The Kier molecular flexibility index (Phi) is 9.17. The van der Waals surface area contributed by atoms with E-state index in [4.69, 9.17) is 9.47 Å². The number of amides is 1. The largest absolute Gasteiger partial charge is 0.444 e. The number of aliphatic imine (C=N–C) groups is 1. The van der Waals surface area contributed by atoms with Gasteiger partial charge in [0.05, 0.1) is 24.4 Å². The first kappa shape index (κ1) is 24.7. The third kappa shape index (κ3) is 9.05. The van der Waals surface area contributed by atoms with Crippen LogP contribution in [0.3, 0.4) is 0 Å². The van der Waals surface area contributed by atoms with E-state index in [0.717, 1.165) is 19.3 Å². The van der Waals surface area contributed by atoms with Crippen molar-refractivity contribution in [2.75, 3.05) is 45.1 Å². The molecule has 2 fully saturated rings. The Bertz CT molecular complexity index is 680. The van der Waals surface area contributed by atoms with Crippen molar-refractivity contribution in [3.05, 3.63) is 0 Å². The predicted octanol–water partition coefficient (Wildman–Crippen LogP) is 0.649. The van der Waals surface area contributed by atoms with E-state index in [1.807, 2.05) is 27.7 Å². The minimum absolute atomic E-state index is 0.0393. The summed E-state index contributed by atoms with van der Waals surface area (Å²) >= 11 is 0. The Morgan fingerprint density at radius 1 is 1.27 bits per heavy atom. The Morgan fingerprint density at radius 3 is 2.60 bits per heavy atom. The quantitative estimate of drug-likeness (QED) is 0.369. The van der Waals surface area contributed by atoms with E-state index in [1.165, 1.54) is 0 Å². The molecule has 174 valence electrons. The molecule has 0 saturated carbocycles. The van der Waals surface area contributed by atoms with Gasteiger partial charge in [0.2, 0.25) is 10.0 Å². The van der Waals surface area contributed by atoms with Gasteiger partial charge >= 0.3 is 6.09 Å². The van der Waals surface area contributed by atoms with E-state index in [-0.39, 0.29) is 30.5 Å². The normalized spacial score (nSPS) is 21.1. The first-order chi connectivity index (χ1) is 14.1. The molecule has 2 heterocycles. The lowest BCUT2D eigenvalue weighted by Gasteiger charge is -2.40. The van der Waals surface area contributed by atoms with Crippen LogP contribution < -0.4 is 15.4 Å². The summed E-state index contributed by atoms with van der Waals surface area (Å²) in [5, 5.41) is 6.33. The van der Waals surface area contributed by atoms with Gasteiger partial charge in [-0.05, 0) is 47.0 Å². The third-order valence-electron chi connectivity index (χ3n) is 4.65. The topological polar surface area (TPSA) is 121 Å². The number of nitrogens with zero attached hydrogens (tertiary/aromatic N) is 2. The fourth-order valence-corrected chi connectivity index (χ4v) is 4.01. The maximum atomic E-state index is 12.2. The van der Waals surface area contributed by atoms with Gasteiger partial charge in [0.1, 0.15) is 5.60 Å². The molecule has 11 heteroatoms. The van der Waals surface area contributed by atoms with Gasteiger partial charge in [0, 0.05) is 32.8 Å². The van der Waals surface area contributed by atoms with Gasteiger partial charge < -0.3 is 25.0 Å². The molecule has 3 N–H and O–H groups in total. The molecule has 2 saturated heterocycles. The Labute approximate surface area is 180 Å². The lowest BCUT2D eigenvalue weighted by atomic mass is 10.1. The molecule has 10 nitrogen and oxygen atoms in total. The van der Waals surface area contributed by atoms with Crippen LogP contribution in [0.1, 0.15) is 47.0 Å². The molecule has 1 amide bonds. The summed E-state index contributed by atoms with van der Waals surface area (Å²) in [6, 6.07) is 0.0495. The molecule has 2 rings (SSSR count). The molecular weight excluding hydrogens is 410 g/mol. The maximum Gasteiger partial charge on any atom is 0.410 e. The highest BCUT2D eigenvalue weighted by molar-refractivity contribution is 7.89. The van der Waals surface area contributed by atoms with Crippen molar-refractivity contribution in [3.63, 3.8) is 0 Å². The molecule has 2 aliphatic heterocycles. The number of guanidine groups is 1. The number of sulfonamides is 1. The van der Waals surface area contributed by atoms with Gasteiger partial charge in [-0.3, -0.25) is 4.99 Å². The minimum atomic E-state index is -3.41. The summed E-state index contributed by atoms with van der Waals surface area (Å²) in [4.78, 5) is 18.0. The van der Waals surface area contributed by atoms with Crippen molar-refractivity contribution in [1.29, 1.82) is 0 Å². The molecular formula is C19H37N5O5S. The average Bonchev–Trinajstić information content (AvgIpc) is 2.62. The highest BCUT2D eigenvalue weighted by Crippen LogP contribution is 2.15. The van der Waals surface area contributed by atoms with Crippen LogP contribution in [-0.2, 0) is 19.5 Å². The van der Waals surface area contributed by atoms with Crippen LogP contribution >= 0.6 is 0 Å². The van der Waals surface area contributed by atoms with Crippen LogP contribution in [0.4, 0.5) is 4.79 Å². The molecule has 0 aromatic heterocycles. The van der Waals surface area contributed by atoms with Crippen molar-refractivity contribution < 1.29 is 22.7 Å². The predicted molar refractivity (Wildman–Crippen MR) is 116 cm³/mol. The van der Waals surface area contributed by atoms with Gasteiger partial charge in [0.25, 0.3) is 0 Å². The van der Waals surface area contributed by atoms with Gasteiger partial charge in [-0.25, -0.2) is 17.9 Å². The number of nitrogens with one attached hydrogen (secondary N) is 3. The van der Waals surface area contributed by atoms with Gasteiger partial charge in [-0.2, -0.15) is 0 Å². The Balaban J connectivity index is 1.73. The summed E-state index contributed by atoms with van der Waals surface area (Å²) in [6.07, 6.45) is 2.62. The number of hydrogen-bond donors (Lipinski definition) is 3. The van der Waals surface area contributed by atoms with Crippen molar-refractivity contribution in [2.24, 2.45) is 4.99 Å². The van der Waals surface area contributed by atoms with E-state index in [0.29, 0.717) is 38.7 Å².